The molecule has 1 aromatic carbocycles. The third kappa shape index (κ3) is 3.73. The molecule has 2 unspecified atom stereocenters. The van der Waals surface area contributed by atoms with Crippen molar-refractivity contribution in [2.75, 3.05) is 31.1 Å². The summed E-state index contributed by atoms with van der Waals surface area (Å²) in [6, 6.07) is 9.88. The first kappa shape index (κ1) is 22.3. The number of hydrogen-bond donors (Lipinski definition) is 0. The Bertz CT molecular complexity index is 1520. The zero-order valence-corrected chi connectivity index (χ0v) is 21.3. The van der Waals surface area contributed by atoms with E-state index in [2.05, 4.69) is 21.4 Å². The van der Waals surface area contributed by atoms with E-state index in [1.807, 2.05) is 44.7 Å². The van der Waals surface area contributed by atoms with Crippen LogP contribution in [0.2, 0.25) is 0 Å². The highest BCUT2D eigenvalue weighted by Crippen LogP contribution is 2.35. The molecule has 2 atom stereocenters. The summed E-state index contributed by atoms with van der Waals surface area (Å²) in [7, 11) is 0. The van der Waals surface area contributed by atoms with Gasteiger partial charge in [-0.05, 0) is 39.3 Å². The van der Waals surface area contributed by atoms with Gasteiger partial charge in [0, 0.05) is 44.1 Å². The Balaban J connectivity index is 1.37. The highest BCUT2D eigenvalue weighted by Gasteiger charge is 2.43. The quantitative estimate of drug-likeness (QED) is 0.415. The summed E-state index contributed by atoms with van der Waals surface area (Å²) in [5.74, 6) is 1.38. The first-order chi connectivity index (χ1) is 16.7. The van der Waals surface area contributed by atoms with E-state index in [0.29, 0.717) is 48.3 Å². The Morgan fingerprint density at radius 2 is 1.83 bits per heavy atom. The van der Waals surface area contributed by atoms with Crippen molar-refractivity contribution in [3.63, 3.8) is 0 Å². The fourth-order valence-electron chi connectivity index (χ4n) is 5.43. The molecule has 0 bridgehead atoms. The molecule has 1 amide bonds. The number of pyridine rings is 1. The number of thiazole rings is 1. The topological polar surface area (TPSA) is 80.0 Å². The van der Waals surface area contributed by atoms with Crippen LogP contribution in [0.25, 0.3) is 26.1 Å². The Labute approximate surface area is 207 Å². The number of carbonyl (C=O) groups is 1. The van der Waals surface area contributed by atoms with Crippen molar-refractivity contribution in [1.29, 1.82) is 0 Å². The monoisotopic (exact) mass is 491 g/mol. The van der Waals surface area contributed by atoms with Crippen LogP contribution in [0.5, 0.6) is 0 Å². The lowest BCUT2D eigenvalue weighted by Crippen LogP contribution is -2.37. The molecule has 2 saturated heterocycles. The lowest BCUT2D eigenvalue weighted by Gasteiger charge is -2.26. The number of ether oxygens (including phenoxy) is 1. The van der Waals surface area contributed by atoms with Crippen LogP contribution in [0.3, 0.4) is 0 Å². The molecular formula is C26H29N5O3S. The van der Waals surface area contributed by atoms with Crippen LogP contribution in [0.15, 0.2) is 35.1 Å². The number of aryl methyl sites for hydroxylation is 1. The van der Waals surface area contributed by atoms with Crippen molar-refractivity contribution in [3.8, 4) is 0 Å². The van der Waals surface area contributed by atoms with Crippen LogP contribution >= 0.6 is 11.3 Å². The number of aromatic nitrogens is 3. The molecule has 4 aromatic rings. The minimum absolute atomic E-state index is 0.0266. The van der Waals surface area contributed by atoms with E-state index in [1.165, 1.54) is 0 Å². The van der Waals surface area contributed by atoms with Crippen LogP contribution in [-0.4, -0.2) is 57.1 Å². The number of amides is 1. The average molecular weight is 492 g/mol. The smallest absolute Gasteiger partial charge is 0.410 e. The van der Waals surface area contributed by atoms with E-state index in [0.717, 1.165) is 33.8 Å². The molecule has 9 heteroatoms. The number of likely N-dealkylation sites (tertiary alicyclic amines) is 1. The third-order valence-electron chi connectivity index (χ3n) is 6.96. The number of hydrogen-bond acceptors (Lipinski definition) is 7. The SMILES string of the molecule is CCc1nc(N2CC3CN(C(=O)OC(C)(C)C)CC3C2)nc2c1c(=O)cc1sc3ccccc3n12. The maximum Gasteiger partial charge on any atom is 0.410 e. The minimum atomic E-state index is -0.494. The predicted molar refractivity (Wildman–Crippen MR) is 139 cm³/mol. The highest BCUT2D eigenvalue weighted by molar-refractivity contribution is 7.24. The molecule has 5 heterocycles. The molecule has 6 rings (SSSR count). The lowest BCUT2D eigenvalue weighted by molar-refractivity contribution is 0.0282. The molecule has 0 spiro atoms. The summed E-state index contributed by atoms with van der Waals surface area (Å²) in [5.41, 5.74) is 1.99. The Morgan fingerprint density at radius 3 is 2.51 bits per heavy atom. The first-order valence-corrected chi connectivity index (χ1v) is 13.0. The van der Waals surface area contributed by atoms with Gasteiger partial charge in [0.2, 0.25) is 5.95 Å². The van der Waals surface area contributed by atoms with Crippen molar-refractivity contribution < 1.29 is 9.53 Å². The zero-order chi connectivity index (χ0) is 24.5. The number of nitrogens with zero attached hydrogens (tertiary/aromatic N) is 5. The van der Waals surface area contributed by atoms with E-state index in [1.54, 1.807) is 17.4 Å². The molecule has 2 fully saturated rings. The summed E-state index contributed by atoms with van der Waals surface area (Å²) in [4.78, 5) is 40.4. The normalized spacial score (nSPS) is 20.3. The summed E-state index contributed by atoms with van der Waals surface area (Å²) < 4.78 is 8.79. The molecule has 0 aliphatic carbocycles. The highest BCUT2D eigenvalue weighted by atomic mass is 32.1. The molecule has 182 valence electrons. The Hall–Kier alpha value is -3.20. The maximum absolute atomic E-state index is 13.1. The zero-order valence-electron chi connectivity index (χ0n) is 20.4. The third-order valence-corrected chi connectivity index (χ3v) is 8.04. The number of fused-ring (bicyclic) bond motifs is 6. The summed E-state index contributed by atoms with van der Waals surface area (Å²) in [6.07, 6.45) is 0.419. The van der Waals surface area contributed by atoms with Gasteiger partial charge in [-0.3, -0.25) is 9.20 Å². The molecule has 8 nitrogen and oxygen atoms in total. The number of anilines is 1. The van der Waals surface area contributed by atoms with Gasteiger partial charge >= 0.3 is 6.09 Å². The molecule has 3 aromatic heterocycles. The molecule has 2 aliphatic rings. The average Bonchev–Trinajstić information content (AvgIpc) is 3.48. The van der Waals surface area contributed by atoms with Crippen molar-refractivity contribution >= 4 is 49.5 Å². The van der Waals surface area contributed by atoms with Gasteiger partial charge in [0.05, 0.1) is 21.3 Å². The number of benzene rings is 1. The van der Waals surface area contributed by atoms with Crippen molar-refractivity contribution in [1.82, 2.24) is 19.3 Å². The second kappa shape index (κ2) is 7.91. The van der Waals surface area contributed by atoms with Crippen LogP contribution in [0.1, 0.15) is 33.4 Å². The van der Waals surface area contributed by atoms with Gasteiger partial charge in [-0.25, -0.2) is 9.78 Å². The van der Waals surface area contributed by atoms with Crippen LogP contribution in [0.4, 0.5) is 10.7 Å². The van der Waals surface area contributed by atoms with Gasteiger partial charge in [-0.2, -0.15) is 4.98 Å². The molecular weight excluding hydrogens is 462 g/mol. The fourth-order valence-corrected chi connectivity index (χ4v) is 6.50. The Morgan fingerprint density at radius 1 is 1.11 bits per heavy atom. The Kier molecular flexibility index (Phi) is 5.03. The largest absolute Gasteiger partial charge is 0.444 e. The number of para-hydroxylation sites is 1. The molecule has 0 saturated carbocycles. The maximum atomic E-state index is 13.1. The first-order valence-electron chi connectivity index (χ1n) is 12.2. The molecule has 2 aliphatic heterocycles. The number of carbonyl (C=O) groups excluding carboxylic acids is 1. The van der Waals surface area contributed by atoms with E-state index < -0.39 is 5.60 Å². The van der Waals surface area contributed by atoms with Crippen molar-refractivity contribution in [3.05, 3.63) is 46.2 Å². The van der Waals surface area contributed by atoms with E-state index >= 15 is 0 Å². The summed E-state index contributed by atoms with van der Waals surface area (Å²) in [5, 5.41) is 0.604. The van der Waals surface area contributed by atoms with Gasteiger partial charge in [0.15, 0.2) is 11.1 Å². The van der Waals surface area contributed by atoms with Crippen LogP contribution < -0.4 is 10.3 Å². The van der Waals surface area contributed by atoms with Crippen molar-refractivity contribution in [2.45, 2.75) is 39.7 Å². The van der Waals surface area contributed by atoms with Crippen LogP contribution in [0, 0.1) is 11.8 Å². The minimum Gasteiger partial charge on any atom is -0.444 e. The van der Waals surface area contributed by atoms with E-state index in [4.69, 9.17) is 14.7 Å². The van der Waals surface area contributed by atoms with Gasteiger partial charge in [-0.1, -0.05) is 19.1 Å². The molecule has 0 N–H and O–H groups in total. The van der Waals surface area contributed by atoms with E-state index in [-0.39, 0.29) is 11.5 Å². The second-order valence-corrected chi connectivity index (χ2v) is 11.6. The van der Waals surface area contributed by atoms with Gasteiger partial charge in [0.1, 0.15) is 10.4 Å². The standard InChI is InChI=1S/C26H29N5O3S/c1-5-17-22-19(32)10-21-31(18-8-6-7-9-20(18)35-21)23(22)28-24(27-17)29-11-15-13-30(14-16(15)12-29)25(33)34-26(2,3)4/h6-10,15-16H,5,11-14H2,1-4H3. The van der Waals surface area contributed by atoms with Gasteiger partial charge in [-0.15, -0.1) is 11.3 Å². The molecule has 0 radical (unpaired) electrons. The number of rotatable bonds is 2. The molecule has 35 heavy (non-hydrogen) atoms. The fraction of sp³-hybridized carbons (Fsp3) is 0.462. The summed E-state index contributed by atoms with van der Waals surface area (Å²) in [6.45, 7) is 10.7. The van der Waals surface area contributed by atoms with Crippen molar-refractivity contribution in [2.24, 2.45) is 11.8 Å². The predicted octanol–water partition coefficient (Wildman–Crippen LogP) is 4.32. The lowest BCUT2D eigenvalue weighted by atomic mass is 10.0. The summed E-state index contributed by atoms with van der Waals surface area (Å²) >= 11 is 1.60. The van der Waals surface area contributed by atoms with Gasteiger partial charge < -0.3 is 14.5 Å². The second-order valence-electron chi connectivity index (χ2n) is 10.6. The van der Waals surface area contributed by atoms with Gasteiger partial charge in [0.25, 0.3) is 0 Å². The van der Waals surface area contributed by atoms with Crippen LogP contribution in [-0.2, 0) is 11.2 Å². The van der Waals surface area contributed by atoms with E-state index in [9.17, 15) is 9.59 Å².